The predicted molar refractivity (Wildman–Crippen MR) is 64.3 cm³/mol. The van der Waals surface area contributed by atoms with Crippen molar-refractivity contribution in [2.45, 2.75) is 12.8 Å². The molecule has 7 heteroatoms. The van der Waals surface area contributed by atoms with Crippen molar-refractivity contribution in [2.24, 2.45) is 0 Å². The predicted octanol–water partition coefficient (Wildman–Crippen LogP) is 1.64. The fourth-order valence-electron chi connectivity index (χ4n) is 1.57. The summed E-state index contributed by atoms with van der Waals surface area (Å²) in [5.74, 6) is -0.494. The highest BCUT2D eigenvalue weighted by Crippen LogP contribution is 2.23. The highest BCUT2D eigenvalue weighted by Gasteiger charge is 2.10. The van der Waals surface area contributed by atoms with Gasteiger partial charge in [-0.2, -0.15) is 5.10 Å². The molecule has 0 aliphatic heterocycles. The van der Waals surface area contributed by atoms with E-state index in [-0.39, 0.29) is 18.6 Å². The Morgan fingerprint density at radius 3 is 2.95 bits per heavy atom. The third-order valence-electron chi connectivity index (χ3n) is 2.52. The monoisotopic (exact) mass is 265 g/mol. The van der Waals surface area contributed by atoms with Crippen LogP contribution in [0.1, 0.15) is 12.2 Å². The summed E-state index contributed by atoms with van der Waals surface area (Å²) in [6.45, 7) is 0. The van der Waals surface area contributed by atoms with Crippen LogP contribution < -0.4 is 4.74 Å². The molecule has 19 heavy (non-hydrogen) atoms. The topological polar surface area (TPSA) is 88.1 Å². The largest absolute Gasteiger partial charge is 0.494 e. The van der Waals surface area contributed by atoms with E-state index in [4.69, 9.17) is 9.84 Å². The molecule has 0 amide bonds. The highest BCUT2D eigenvalue weighted by atomic mass is 19.1. The lowest BCUT2D eigenvalue weighted by atomic mass is 10.2. The smallest absolute Gasteiger partial charge is 0.303 e. The molecule has 0 fully saturated rings. The van der Waals surface area contributed by atoms with E-state index in [2.05, 4.69) is 15.2 Å². The Bertz CT molecular complexity index is 598. The lowest BCUT2D eigenvalue weighted by Gasteiger charge is -2.02. The maximum Gasteiger partial charge on any atom is 0.303 e. The van der Waals surface area contributed by atoms with Gasteiger partial charge in [0.15, 0.2) is 17.4 Å². The van der Waals surface area contributed by atoms with Crippen LogP contribution in [0.5, 0.6) is 5.75 Å². The molecule has 2 aromatic rings. The first-order valence-corrected chi connectivity index (χ1v) is 5.57. The maximum absolute atomic E-state index is 13.5. The number of carboxylic acids is 1. The molecular weight excluding hydrogens is 253 g/mol. The van der Waals surface area contributed by atoms with Crippen molar-refractivity contribution in [1.29, 1.82) is 0 Å². The first kappa shape index (κ1) is 13.0. The summed E-state index contributed by atoms with van der Waals surface area (Å²) in [7, 11) is 1.38. The van der Waals surface area contributed by atoms with Crippen molar-refractivity contribution in [2.75, 3.05) is 7.11 Å². The molecule has 0 aliphatic rings. The van der Waals surface area contributed by atoms with Gasteiger partial charge in [0.2, 0.25) is 0 Å². The van der Waals surface area contributed by atoms with Crippen LogP contribution in [-0.4, -0.2) is 33.4 Å². The zero-order valence-electron chi connectivity index (χ0n) is 10.2. The van der Waals surface area contributed by atoms with Crippen molar-refractivity contribution < 1.29 is 19.0 Å². The lowest BCUT2D eigenvalue weighted by molar-refractivity contribution is -0.137. The van der Waals surface area contributed by atoms with Gasteiger partial charge in [-0.05, 0) is 18.2 Å². The van der Waals surface area contributed by atoms with Crippen LogP contribution in [0.15, 0.2) is 18.2 Å². The number of ether oxygens (including phenoxy) is 1. The summed E-state index contributed by atoms with van der Waals surface area (Å²) >= 11 is 0. The number of aliphatic carboxylic acids is 1. The van der Waals surface area contributed by atoms with E-state index in [1.807, 2.05) is 0 Å². The summed E-state index contributed by atoms with van der Waals surface area (Å²) < 4.78 is 18.3. The van der Waals surface area contributed by atoms with Gasteiger partial charge < -0.3 is 9.84 Å². The number of hydrogen-bond donors (Lipinski definition) is 2. The number of nitrogens with zero attached hydrogens (tertiary/aromatic N) is 2. The number of halogens is 1. The number of H-pyrrole nitrogens is 1. The Balaban J connectivity index is 2.18. The Morgan fingerprint density at radius 1 is 1.53 bits per heavy atom. The fraction of sp³-hybridized carbons (Fsp3) is 0.250. The molecule has 2 rings (SSSR count). The van der Waals surface area contributed by atoms with Crippen molar-refractivity contribution in [3.8, 4) is 17.1 Å². The molecule has 1 heterocycles. The van der Waals surface area contributed by atoms with Gasteiger partial charge >= 0.3 is 5.97 Å². The number of carbonyl (C=O) groups is 1. The Hall–Kier alpha value is -2.44. The van der Waals surface area contributed by atoms with Crippen molar-refractivity contribution in [1.82, 2.24) is 15.2 Å². The number of aromatic nitrogens is 3. The van der Waals surface area contributed by atoms with Crippen LogP contribution in [0.25, 0.3) is 11.4 Å². The van der Waals surface area contributed by atoms with Gasteiger partial charge in [0, 0.05) is 12.0 Å². The molecule has 6 nitrogen and oxygen atoms in total. The van der Waals surface area contributed by atoms with Crippen LogP contribution in [0.3, 0.4) is 0 Å². The SMILES string of the molecule is COc1ccc(-c2n[nH]c(CCC(=O)O)n2)cc1F. The van der Waals surface area contributed by atoms with E-state index in [1.54, 1.807) is 6.07 Å². The second-order valence-electron chi connectivity index (χ2n) is 3.85. The number of rotatable bonds is 5. The standard InChI is InChI=1S/C12H12FN3O3/c1-19-9-3-2-7(6-8(9)13)12-14-10(15-16-12)4-5-11(17)18/h2-3,6H,4-5H2,1H3,(H,17,18)(H,14,15,16). The second-order valence-corrected chi connectivity index (χ2v) is 3.85. The van der Waals surface area contributed by atoms with Crippen molar-refractivity contribution in [3.63, 3.8) is 0 Å². The summed E-state index contributed by atoms with van der Waals surface area (Å²) in [4.78, 5) is 14.6. The molecular formula is C12H12FN3O3. The van der Waals surface area contributed by atoms with Gasteiger partial charge in [-0.15, -0.1) is 0 Å². The van der Waals surface area contributed by atoms with Gasteiger partial charge in [-0.1, -0.05) is 0 Å². The number of hydrogen-bond acceptors (Lipinski definition) is 4. The van der Waals surface area contributed by atoms with Crippen LogP contribution in [-0.2, 0) is 11.2 Å². The second kappa shape index (κ2) is 5.47. The van der Waals surface area contributed by atoms with E-state index in [0.717, 1.165) is 0 Å². The Labute approximate surface area is 108 Å². The zero-order chi connectivity index (χ0) is 13.8. The molecule has 2 N–H and O–H groups in total. The Morgan fingerprint density at radius 2 is 2.32 bits per heavy atom. The molecule has 1 aromatic carbocycles. The minimum atomic E-state index is -0.909. The number of benzene rings is 1. The normalized spacial score (nSPS) is 10.4. The highest BCUT2D eigenvalue weighted by molar-refractivity contribution is 5.67. The Kier molecular flexibility index (Phi) is 3.74. The molecule has 100 valence electrons. The maximum atomic E-state index is 13.5. The van der Waals surface area contributed by atoms with Crippen molar-refractivity contribution in [3.05, 3.63) is 29.8 Å². The number of carboxylic acid groups (broad SMARTS) is 1. The third-order valence-corrected chi connectivity index (χ3v) is 2.52. The van der Waals surface area contributed by atoms with E-state index in [0.29, 0.717) is 17.2 Å². The third kappa shape index (κ3) is 3.06. The molecule has 1 aromatic heterocycles. The van der Waals surface area contributed by atoms with Crippen LogP contribution in [0.4, 0.5) is 4.39 Å². The molecule has 0 radical (unpaired) electrons. The molecule has 0 saturated carbocycles. The first-order chi connectivity index (χ1) is 9.10. The molecule has 0 saturated heterocycles. The van der Waals surface area contributed by atoms with Gasteiger partial charge in [-0.25, -0.2) is 9.37 Å². The van der Waals surface area contributed by atoms with E-state index in [1.165, 1.54) is 19.2 Å². The molecule has 0 bridgehead atoms. The van der Waals surface area contributed by atoms with Crippen LogP contribution in [0.2, 0.25) is 0 Å². The van der Waals surface area contributed by atoms with Gasteiger partial charge in [0.05, 0.1) is 13.5 Å². The van der Waals surface area contributed by atoms with Gasteiger partial charge in [0.1, 0.15) is 5.82 Å². The minimum Gasteiger partial charge on any atom is -0.494 e. The first-order valence-electron chi connectivity index (χ1n) is 5.57. The zero-order valence-corrected chi connectivity index (χ0v) is 10.2. The summed E-state index contributed by atoms with van der Waals surface area (Å²) in [5, 5.41) is 15.1. The lowest BCUT2D eigenvalue weighted by Crippen LogP contribution is -1.98. The van der Waals surface area contributed by atoms with Gasteiger partial charge in [-0.3, -0.25) is 9.89 Å². The summed E-state index contributed by atoms with van der Waals surface area (Å²) in [6.07, 6.45) is 0.215. The fourth-order valence-corrected chi connectivity index (χ4v) is 1.57. The molecule has 0 unspecified atom stereocenters. The number of nitrogens with one attached hydrogen (secondary N) is 1. The number of aromatic amines is 1. The quantitative estimate of drug-likeness (QED) is 0.857. The summed E-state index contributed by atoms with van der Waals surface area (Å²) in [5.41, 5.74) is 0.496. The minimum absolute atomic E-state index is 0.0361. The van der Waals surface area contributed by atoms with E-state index < -0.39 is 11.8 Å². The number of aryl methyl sites for hydroxylation is 1. The van der Waals surface area contributed by atoms with Crippen LogP contribution in [0, 0.1) is 5.82 Å². The van der Waals surface area contributed by atoms with E-state index in [9.17, 15) is 9.18 Å². The van der Waals surface area contributed by atoms with Crippen LogP contribution >= 0.6 is 0 Å². The van der Waals surface area contributed by atoms with E-state index >= 15 is 0 Å². The van der Waals surface area contributed by atoms with Crippen molar-refractivity contribution >= 4 is 5.97 Å². The molecule has 0 aliphatic carbocycles. The molecule has 0 atom stereocenters. The summed E-state index contributed by atoms with van der Waals surface area (Å²) in [6, 6.07) is 4.38. The average molecular weight is 265 g/mol. The number of methoxy groups -OCH3 is 1. The molecule has 0 spiro atoms. The average Bonchev–Trinajstić information content (AvgIpc) is 2.85. The van der Waals surface area contributed by atoms with Gasteiger partial charge in [0.25, 0.3) is 0 Å².